The van der Waals surface area contributed by atoms with Gasteiger partial charge in [-0.25, -0.2) is 5.90 Å². The van der Waals surface area contributed by atoms with E-state index in [1.807, 2.05) is 21.1 Å². The normalized spacial score (nSPS) is 14.3. The first-order valence-electron chi connectivity index (χ1n) is 9.58. The van der Waals surface area contributed by atoms with Crippen LogP contribution in [-0.4, -0.2) is 49.5 Å². The molecule has 0 aliphatic carbocycles. The number of quaternary nitrogens is 1. The molecule has 6 heteroatoms. The van der Waals surface area contributed by atoms with Gasteiger partial charge in [0.1, 0.15) is 6.54 Å². The number of nitrogens with two attached hydrogens (primary N) is 1. The van der Waals surface area contributed by atoms with Crippen molar-refractivity contribution in [3.63, 3.8) is 0 Å². The van der Waals surface area contributed by atoms with E-state index in [0.717, 1.165) is 19.3 Å². The maximum atomic E-state index is 12.6. The third-order valence-electron chi connectivity index (χ3n) is 4.40. The van der Waals surface area contributed by atoms with Crippen LogP contribution in [0.4, 0.5) is 0 Å². The highest BCUT2D eigenvalue weighted by molar-refractivity contribution is 5.91. The number of aliphatic carboxylic acids is 1. The van der Waals surface area contributed by atoms with E-state index in [1.54, 1.807) is 0 Å². The second kappa shape index (κ2) is 12.4. The third-order valence-corrected chi connectivity index (χ3v) is 4.40. The van der Waals surface area contributed by atoms with Crippen LogP contribution in [0.3, 0.4) is 0 Å². The summed E-state index contributed by atoms with van der Waals surface area (Å²) in [6.07, 6.45) is 10.2. The van der Waals surface area contributed by atoms with Crippen LogP contribution in [0.5, 0.6) is 0 Å². The van der Waals surface area contributed by atoms with Crippen LogP contribution < -0.4 is 11.0 Å². The molecule has 0 aromatic heterocycles. The van der Waals surface area contributed by atoms with Crippen LogP contribution in [0.15, 0.2) is 0 Å². The Morgan fingerprint density at radius 1 is 0.960 bits per heavy atom. The summed E-state index contributed by atoms with van der Waals surface area (Å²) in [6.45, 7) is 2.41. The molecule has 6 nitrogen and oxygen atoms in total. The smallest absolute Gasteiger partial charge is 0.200 e. The summed E-state index contributed by atoms with van der Waals surface area (Å²) in [5.41, 5.74) is -1.50. The van der Waals surface area contributed by atoms with E-state index in [1.165, 1.54) is 38.5 Å². The van der Waals surface area contributed by atoms with Gasteiger partial charge in [0.2, 0.25) is 5.60 Å². The van der Waals surface area contributed by atoms with Crippen molar-refractivity contribution in [1.82, 2.24) is 0 Å². The number of rotatable bonds is 16. The van der Waals surface area contributed by atoms with Crippen molar-refractivity contribution < 1.29 is 24.0 Å². The Kier molecular flexibility index (Phi) is 11.9. The summed E-state index contributed by atoms with van der Waals surface area (Å²) < 4.78 is 0.383. The molecule has 0 aliphatic heterocycles. The number of ketones is 1. The first-order valence-corrected chi connectivity index (χ1v) is 9.58. The number of carbonyl (C=O) groups is 2. The summed E-state index contributed by atoms with van der Waals surface area (Å²) in [6, 6.07) is 0. The number of carboxylic acids is 1. The fourth-order valence-corrected chi connectivity index (χ4v) is 3.21. The number of hydrogen-bond donors (Lipinski definition) is 1. The SMILES string of the molecule is CCCCCCCCCCCC(=O)C(CC(=O)[O-])(C[N+](C)(C)C)ON. The largest absolute Gasteiger partial charge is 0.550 e. The van der Waals surface area contributed by atoms with Crippen LogP contribution in [0.25, 0.3) is 0 Å². The maximum Gasteiger partial charge on any atom is 0.200 e. The van der Waals surface area contributed by atoms with Gasteiger partial charge in [-0.05, 0) is 6.42 Å². The summed E-state index contributed by atoms with van der Waals surface area (Å²) in [7, 11) is 5.61. The van der Waals surface area contributed by atoms with Crippen LogP contribution in [0.1, 0.15) is 77.6 Å². The first-order chi connectivity index (χ1) is 11.7. The minimum Gasteiger partial charge on any atom is -0.550 e. The molecule has 0 fully saturated rings. The highest BCUT2D eigenvalue weighted by atomic mass is 16.6. The van der Waals surface area contributed by atoms with Crippen molar-refractivity contribution in [3.05, 3.63) is 0 Å². The van der Waals surface area contributed by atoms with Crippen LogP contribution in [0, 0.1) is 0 Å². The van der Waals surface area contributed by atoms with E-state index < -0.39 is 18.0 Å². The average molecular weight is 359 g/mol. The van der Waals surface area contributed by atoms with E-state index in [9.17, 15) is 14.7 Å². The van der Waals surface area contributed by atoms with E-state index in [-0.39, 0.29) is 12.3 Å². The second-order valence-corrected chi connectivity index (χ2v) is 8.11. The lowest BCUT2D eigenvalue weighted by atomic mass is 9.89. The van der Waals surface area contributed by atoms with E-state index in [4.69, 9.17) is 10.7 Å². The van der Waals surface area contributed by atoms with Gasteiger partial charge in [0.05, 0.1) is 21.1 Å². The number of unbranched alkanes of at least 4 members (excludes halogenated alkanes) is 8. The fraction of sp³-hybridized carbons (Fsp3) is 0.895. The number of hydrogen-bond acceptors (Lipinski definition) is 5. The number of carboxylic acid groups (broad SMARTS) is 1. The van der Waals surface area contributed by atoms with Crippen molar-refractivity contribution in [2.75, 3.05) is 27.7 Å². The predicted molar refractivity (Wildman–Crippen MR) is 97.4 cm³/mol. The monoisotopic (exact) mass is 358 g/mol. The molecular weight excluding hydrogens is 320 g/mol. The Labute approximate surface area is 153 Å². The Balaban J connectivity index is 4.32. The van der Waals surface area contributed by atoms with Crippen molar-refractivity contribution in [1.29, 1.82) is 0 Å². The zero-order valence-corrected chi connectivity index (χ0v) is 16.6. The average Bonchev–Trinajstić information content (AvgIpc) is 2.50. The Morgan fingerprint density at radius 3 is 1.84 bits per heavy atom. The molecule has 0 rings (SSSR count). The predicted octanol–water partition coefficient (Wildman–Crippen LogP) is 1.95. The summed E-state index contributed by atoms with van der Waals surface area (Å²) in [5, 5.41) is 11.1. The molecule has 0 aromatic rings. The molecule has 148 valence electrons. The first kappa shape index (κ1) is 24.0. The van der Waals surface area contributed by atoms with Gasteiger partial charge >= 0.3 is 0 Å². The van der Waals surface area contributed by atoms with Gasteiger partial charge in [0.15, 0.2) is 5.78 Å². The van der Waals surface area contributed by atoms with Gasteiger partial charge < -0.3 is 14.4 Å². The topological polar surface area (TPSA) is 92.5 Å². The lowest BCUT2D eigenvalue weighted by Crippen LogP contribution is -2.58. The lowest BCUT2D eigenvalue weighted by molar-refractivity contribution is -0.875. The Hall–Kier alpha value is -0.980. The highest BCUT2D eigenvalue weighted by Gasteiger charge is 2.43. The van der Waals surface area contributed by atoms with Gasteiger partial charge in [-0.15, -0.1) is 0 Å². The summed E-state index contributed by atoms with van der Waals surface area (Å²) in [5.74, 6) is 3.79. The molecule has 2 N–H and O–H groups in total. The summed E-state index contributed by atoms with van der Waals surface area (Å²) >= 11 is 0. The fourth-order valence-electron chi connectivity index (χ4n) is 3.21. The molecule has 0 bridgehead atoms. The van der Waals surface area contributed by atoms with Crippen LogP contribution in [0.2, 0.25) is 0 Å². The number of likely N-dealkylation sites (N-methyl/N-ethyl adjacent to an activating group) is 1. The van der Waals surface area contributed by atoms with Gasteiger partial charge in [0.25, 0.3) is 0 Å². The second-order valence-electron chi connectivity index (χ2n) is 8.11. The number of carbonyl (C=O) groups excluding carboxylic acids is 2. The van der Waals surface area contributed by atoms with Crippen molar-refractivity contribution in [2.45, 2.75) is 83.2 Å². The Morgan fingerprint density at radius 2 is 1.44 bits per heavy atom. The number of Topliss-reactive ketones (excluding diaryl/α,β-unsaturated/α-hetero) is 1. The standard InChI is InChI=1S/C19H38N2O4/c1-5-6-7-8-9-10-11-12-13-14-17(22)19(25-20,15-18(23)24)16-21(2,3)4/h5-16,20H2,1-4H3. The molecule has 0 aromatic carbocycles. The van der Waals surface area contributed by atoms with Gasteiger partial charge in [-0.1, -0.05) is 58.3 Å². The lowest BCUT2D eigenvalue weighted by Gasteiger charge is -2.36. The van der Waals surface area contributed by atoms with E-state index >= 15 is 0 Å². The molecular formula is C19H38N2O4. The molecule has 0 heterocycles. The minimum atomic E-state index is -1.50. The maximum absolute atomic E-state index is 12.6. The molecule has 0 aliphatic rings. The van der Waals surface area contributed by atoms with Gasteiger partial charge in [-0.3, -0.25) is 9.63 Å². The number of nitrogens with zero attached hydrogens (tertiary/aromatic N) is 1. The minimum absolute atomic E-state index is 0.202. The Bertz CT molecular complexity index is 393. The molecule has 25 heavy (non-hydrogen) atoms. The third kappa shape index (κ3) is 11.3. The molecule has 0 radical (unpaired) electrons. The van der Waals surface area contributed by atoms with E-state index in [2.05, 4.69) is 6.92 Å². The van der Waals surface area contributed by atoms with Crippen LogP contribution >= 0.6 is 0 Å². The molecule has 0 saturated heterocycles. The molecule has 0 amide bonds. The van der Waals surface area contributed by atoms with Gasteiger partial charge in [0, 0.05) is 18.8 Å². The quantitative estimate of drug-likeness (QED) is 0.259. The molecule has 0 spiro atoms. The molecule has 0 saturated carbocycles. The summed E-state index contributed by atoms with van der Waals surface area (Å²) in [4.78, 5) is 28.6. The van der Waals surface area contributed by atoms with Crippen molar-refractivity contribution in [2.24, 2.45) is 5.90 Å². The zero-order chi connectivity index (χ0) is 19.3. The molecule has 1 atom stereocenters. The van der Waals surface area contributed by atoms with Gasteiger partial charge in [-0.2, -0.15) is 0 Å². The van der Waals surface area contributed by atoms with Crippen molar-refractivity contribution in [3.8, 4) is 0 Å². The van der Waals surface area contributed by atoms with E-state index in [0.29, 0.717) is 10.9 Å². The van der Waals surface area contributed by atoms with Crippen molar-refractivity contribution >= 4 is 11.8 Å². The highest BCUT2D eigenvalue weighted by Crippen LogP contribution is 2.22. The van der Waals surface area contributed by atoms with Crippen LogP contribution in [-0.2, 0) is 14.4 Å². The molecule has 1 unspecified atom stereocenters. The zero-order valence-electron chi connectivity index (χ0n) is 16.6.